The van der Waals surface area contributed by atoms with Crippen molar-refractivity contribution in [2.24, 2.45) is 5.10 Å². The predicted molar refractivity (Wildman–Crippen MR) is 69.6 cm³/mol. The number of aromatic hydroxyl groups is 1. The highest BCUT2D eigenvalue weighted by Crippen LogP contribution is 2.14. The van der Waals surface area contributed by atoms with Gasteiger partial charge in [0.1, 0.15) is 5.75 Å². The third-order valence-corrected chi connectivity index (χ3v) is 2.22. The quantitative estimate of drug-likeness (QED) is 0.548. The van der Waals surface area contributed by atoms with Gasteiger partial charge in [0.25, 0.3) is 5.91 Å². The van der Waals surface area contributed by atoms with E-state index < -0.39 is 5.91 Å². The molecule has 2 rings (SSSR count). The lowest BCUT2D eigenvalue weighted by Gasteiger charge is -2.01. The lowest BCUT2D eigenvalue weighted by Crippen LogP contribution is -2.17. The molecular weight excluding hydrogens is 246 g/mol. The minimum Gasteiger partial charge on any atom is -0.507 e. The van der Waals surface area contributed by atoms with E-state index in [0.29, 0.717) is 5.56 Å². The van der Waals surface area contributed by atoms with Gasteiger partial charge in [-0.2, -0.15) is 5.10 Å². The number of carbonyl (C=O) groups is 1. The number of aromatic nitrogens is 2. The van der Waals surface area contributed by atoms with E-state index in [0.717, 1.165) is 0 Å². The van der Waals surface area contributed by atoms with E-state index in [9.17, 15) is 9.90 Å². The summed E-state index contributed by atoms with van der Waals surface area (Å²) in [5.41, 5.74) is 8.35. The fraction of sp³-hybridized carbons (Fsp3) is 0. The van der Waals surface area contributed by atoms with Gasteiger partial charge >= 0.3 is 0 Å². The molecule has 0 saturated heterocycles. The summed E-state index contributed by atoms with van der Waals surface area (Å²) in [6.45, 7) is 0. The Morgan fingerprint density at radius 1 is 1.32 bits per heavy atom. The summed E-state index contributed by atoms with van der Waals surface area (Å²) in [6, 6.07) is 6.19. The van der Waals surface area contributed by atoms with Gasteiger partial charge in [-0.3, -0.25) is 4.79 Å². The van der Waals surface area contributed by atoms with Crippen LogP contribution < -0.4 is 11.2 Å². The van der Waals surface area contributed by atoms with Gasteiger partial charge in [0.15, 0.2) is 0 Å². The highest BCUT2D eigenvalue weighted by Gasteiger charge is 2.08. The van der Waals surface area contributed by atoms with Crippen LogP contribution in [-0.4, -0.2) is 27.2 Å². The zero-order valence-electron chi connectivity index (χ0n) is 9.82. The SMILES string of the molecule is Nc1ncc(/C=N/NC(=O)c2ccccc2O)cn1. The number of nitrogen functional groups attached to an aromatic ring is 1. The number of para-hydroxylation sites is 1. The van der Waals surface area contributed by atoms with Crippen molar-refractivity contribution >= 4 is 18.1 Å². The monoisotopic (exact) mass is 257 g/mol. The molecule has 0 aliphatic heterocycles. The molecule has 0 fully saturated rings. The van der Waals surface area contributed by atoms with Crippen LogP contribution in [-0.2, 0) is 0 Å². The average Bonchev–Trinajstić information content (AvgIpc) is 2.41. The van der Waals surface area contributed by atoms with Crippen molar-refractivity contribution in [3.8, 4) is 5.75 Å². The Balaban J connectivity index is 2.01. The molecule has 7 heteroatoms. The Bertz CT molecular complexity index is 610. The molecule has 0 unspecified atom stereocenters. The molecule has 19 heavy (non-hydrogen) atoms. The number of nitrogens with two attached hydrogens (primary N) is 1. The Morgan fingerprint density at radius 3 is 2.68 bits per heavy atom. The third-order valence-electron chi connectivity index (χ3n) is 2.22. The molecule has 96 valence electrons. The predicted octanol–water partition coefficient (Wildman–Crippen LogP) is 0.528. The fourth-order valence-corrected chi connectivity index (χ4v) is 1.31. The molecule has 1 aromatic carbocycles. The van der Waals surface area contributed by atoms with Gasteiger partial charge in [0.05, 0.1) is 11.8 Å². The van der Waals surface area contributed by atoms with Crippen molar-refractivity contribution in [1.82, 2.24) is 15.4 Å². The van der Waals surface area contributed by atoms with E-state index in [1.54, 1.807) is 12.1 Å². The third kappa shape index (κ3) is 3.25. The number of anilines is 1. The molecule has 2 aromatic rings. The maximum absolute atomic E-state index is 11.7. The van der Waals surface area contributed by atoms with Gasteiger partial charge in [0, 0.05) is 18.0 Å². The minimum atomic E-state index is -0.509. The number of benzene rings is 1. The number of hydrogen-bond acceptors (Lipinski definition) is 6. The lowest BCUT2D eigenvalue weighted by molar-refractivity contribution is 0.0952. The van der Waals surface area contributed by atoms with Crippen LogP contribution >= 0.6 is 0 Å². The molecule has 0 spiro atoms. The number of carbonyl (C=O) groups excluding carboxylic acids is 1. The van der Waals surface area contributed by atoms with E-state index in [1.165, 1.54) is 30.7 Å². The minimum absolute atomic E-state index is 0.106. The van der Waals surface area contributed by atoms with E-state index in [2.05, 4.69) is 20.5 Å². The number of rotatable bonds is 3. The maximum atomic E-state index is 11.7. The summed E-state index contributed by atoms with van der Waals surface area (Å²) in [7, 11) is 0. The highest BCUT2D eigenvalue weighted by atomic mass is 16.3. The van der Waals surface area contributed by atoms with Gasteiger partial charge in [-0.1, -0.05) is 12.1 Å². The van der Waals surface area contributed by atoms with Gasteiger partial charge in [-0.25, -0.2) is 15.4 Å². The number of hydrogen-bond donors (Lipinski definition) is 3. The normalized spacial score (nSPS) is 10.5. The van der Waals surface area contributed by atoms with Gasteiger partial charge in [-0.05, 0) is 12.1 Å². The number of nitrogens with zero attached hydrogens (tertiary/aromatic N) is 3. The molecule has 1 heterocycles. The zero-order chi connectivity index (χ0) is 13.7. The molecule has 0 radical (unpaired) electrons. The lowest BCUT2D eigenvalue weighted by atomic mass is 10.2. The van der Waals surface area contributed by atoms with E-state index in [4.69, 9.17) is 5.73 Å². The van der Waals surface area contributed by atoms with Crippen LogP contribution in [0.5, 0.6) is 5.75 Å². The van der Waals surface area contributed by atoms with E-state index in [-0.39, 0.29) is 17.3 Å². The van der Waals surface area contributed by atoms with Crippen LogP contribution in [0.15, 0.2) is 41.8 Å². The van der Waals surface area contributed by atoms with Crippen molar-refractivity contribution in [3.63, 3.8) is 0 Å². The Hall–Kier alpha value is -2.96. The number of amides is 1. The standard InChI is InChI=1S/C12H11N5O2/c13-12-14-5-8(6-15-12)7-16-17-11(19)9-3-1-2-4-10(9)18/h1-7,18H,(H,17,19)(H2,13,14,15)/b16-7+. The van der Waals surface area contributed by atoms with Crippen LogP contribution in [0, 0.1) is 0 Å². The molecule has 0 aliphatic carbocycles. The number of nitrogens with one attached hydrogen (secondary N) is 1. The second kappa shape index (κ2) is 5.58. The van der Waals surface area contributed by atoms with Crippen LogP contribution in [0.2, 0.25) is 0 Å². The van der Waals surface area contributed by atoms with Gasteiger partial charge in [-0.15, -0.1) is 0 Å². The zero-order valence-corrected chi connectivity index (χ0v) is 9.82. The van der Waals surface area contributed by atoms with Gasteiger partial charge < -0.3 is 10.8 Å². The first-order valence-corrected chi connectivity index (χ1v) is 5.36. The molecule has 0 bridgehead atoms. The molecule has 0 saturated carbocycles. The van der Waals surface area contributed by atoms with Crippen molar-refractivity contribution in [3.05, 3.63) is 47.8 Å². The van der Waals surface area contributed by atoms with Crippen molar-refractivity contribution < 1.29 is 9.90 Å². The van der Waals surface area contributed by atoms with Crippen LogP contribution in [0.3, 0.4) is 0 Å². The summed E-state index contributed by atoms with van der Waals surface area (Å²) < 4.78 is 0. The second-order valence-corrected chi connectivity index (χ2v) is 3.59. The largest absolute Gasteiger partial charge is 0.507 e. The first-order chi connectivity index (χ1) is 9.16. The van der Waals surface area contributed by atoms with E-state index in [1.807, 2.05) is 0 Å². The summed E-state index contributed by atoms with van der Waals surface area (Å²) >= 11 is 0. The fourth-order valence-electron chi connectivity index (χ4n) is 1.31. The Morgan fingerprint density at radius 2 is 2.00 bits per heavy atom. The van der Waals surface area contributed by atoms with Crippen molar-refractivity contribution in [2.75, 3.05) is 5.73 Å². The average molecular weight is 257 g/mol. The van der Waals surface area contributed by atoms with E-state index >= 15 is 0 Å². The number of phenolic OH excluding ortho intramolecular Hbond substituents is 1. The molecule has 4 N–H and O–H groups in total. The van der Waals surface area contributed by atoms with Crippen LogP contribution in [0.4, 0.5) is 5.95 Å². The molecule has 0 atom stereocenters. The number of hydrazone groups is 1. The first-order valence-electron chi connectivity index (χ1n) is 5.36. The summed E-state index contributed by atoms with van der Waals surface area (Å²) in [4.78, 5) is 19.2. The summed E-state index contributed by atoms with van der Waals surface area (Å²) in [5.74, 6) is -0.452. The Kier molecular flexibility index (Phi) is 3.67. The second-order valence-electron chi connectivity index (χ2n) is 3.59. The first kappa shape index (κ1) is 12.5. The summed E-state index contributed by atoms with van der Waals surface area (Å²) in [6.07, 6.45) is 4.31. The number of phenols is 1. The molecule has 0 aliphatic rings. The molecule has 1 amide bonds. The Labute approximate surface area is 108 Å². The van der Waals surface area contributed by atoms with Crippen molar-refractivity contribution in [1.29, 1.82) is 0 Å². The van der Waals surface area contributed by atoms with Crippen molar-refractivity contribution in [2.45, 2.75) is 0 Å². The summed E-state index contributed by atoms with van der Waals surface area (Å²) in [5, 5.41) is 13.2. The molecule has 1 aromatic heterocycles. The van der Waals surface area contributed by atoms with Crippen LogP contribution in [0.1, 0.15) is 15.9 Å². The smallest absolute Gasteiger partial charge is 0.275 e. The molecular formula is C12H11N5O2. The molecule has 7 nitrogen and oxygen atoms in total. The topological polar surface area (TPSA) is 113 Å². The maximum Gasteiger partial charge on any atom is 0.275 e. The highest BCUT2D eigenvalue weighted by molar-refractivity contribution is 5.97. The van der Waals surface area contributed by atoms with Gasteiger partial charge in [0.2, 0.25) is 5.95 Å². The van der Waals surface area contributed by atoms with Crippen LogP contribution in [0.25, 0.3) is 0 Å².